The highest BCUT2D eigenvalue weighted by molar-refractivity contribution is 6.30. The second-order valence-electron chi connectivity index (χ2n) is 7.26. The molecule has 0 N–H and O–H groups in total. The van der Waals surface area contributed by atoms with Gasteiger partial charge in [0.05, 0.1) is 0 Å². The van der Waals surface area contributed by atoms with Crippen molar-refractivity contribution in [3.8, 4) is 5.75 Å². The highest BCUT2D eigenvalue weighted by Crippen LogP contribution is 2.25. The van der Waals surface area contributed by atoms with E-state index in [0.29, 0.717) is 19.5 Å². The Morgan fingerprint density at radius 1 is 1.07 bits per heavy atom. The van der Waals surface area contributed by atoms with Crippen LogP contribution < -0.4 is 9.64 Å². The SMILES string of the molecule is CCc1ccc(O[C@@H](CC)C(=O)N2CCN(c3cc(Cl)ccc3C)CC2)cc1. The van der Waals surface area contributed by atoms with E-state index in [2.05, 4.69) is 30.9 Å². The zero-order valence-electron chi connectivity index (χ0n) is 17.0. The molecular weight excluding hydrogens is 372 g/mol. The Labute approximate surface area is 173 Å². The Bertz CT molecular complexity index is 799. The van der Waals surface area contributed by atoms with Crippen LogP contribution in [0.5, 0.6) is 5.75 Å². The molecule has 1 heterocycles. The summed E-state index contributed by atoms with van der Waals surface area (Å²) in [7, 11) is 0. The van der Waals surface area contributed by atoms with E-state index in [1.165, 1.54) is 11.1 Å². The first-order valence-electron chi connectivity index (χ1n) is 10.1. The van der Waals surface area contributed by atoms with Crippen LogP contribution in [0.25, 0.3) is 0 Å². The molecule has 0 radical (unpaired) electrons. The van der Waals surface area contributed by atoms with Gasteiger partial charge in [-0.15, -0.1) is 0 Å². The molecule has 0 spiro atoms. The predicted octanol–water partition coefficient (Wildman–Crippen LogP) is 4.72. The number of anilines is 1. The standard InChI is InChI=1S/C23H29ClN2O2/c1-4-18-7-10-20(11-8-18)28-22(5-2)23(27)26-14-12-25(13-15-26)21-16-19(24)9-6-17(21)3/h6-11,16,22H,4-5,12-15H2,1-3H3/t22-/m0/s1. The number of benzene rings is 2. The van der Waals surface area contributed by atoms with Crippen molar-refractivity contribution in [3.63, 3.8) is 0 Å². The number of aryl methyl sites for hydroxylation is 2. The van der Waals surface area contributed by atoms with E-state index in [0.717, 1.165) is 36.0 Å². The van der Waals surface area contributed by atoms with Gasteiger partial charge in [-0.05, 0) is 55.2 Å². The summed E-state index contributed by atoms with van der Waals surface area (Å²) in [5.41, 5.74) is 3.62. The molecule has 0 saturated carbocycles. The normalized spacial score (nSPS) is 15.4. The van der Waals surface area contributed by atoms with E-state index >= 15 is 0 Å². The number of carbonyl (C=O) groups is 1. The second kappa shape index (κ2) is 9.33. The first-order valence-corrected chi connectivity index (χ1v) is 10.4. The summed E-state index contributed by atoms with van der Waals surface area (Å²) in [5.74, 6) is 0.829. The van der Waals surface area contributed by atoms with E-state index in [-0.39, 0.29) is 5.91 Å². The van der Waals surface area contributed by atoms with Crippen molar-refractivity contribution < 1.29 is 9.53 Å². The van der Waals surface area contributed by atoms with Gasteiger partial charge in [-0.2, -0.15) is 0 Å². The molecule has 1 saturated heterocycles. The summed E-state index contributed by atoms with van der Waals surface area (Å²) >= 11 is 6.16. The minimum Gasteiger partial charge on any atom is -0.481 e. The van der Waals surface area contributed by atoms with Gasteiger partial charge in [0, 0.05) is 36.9 Å². The summed E-state index contributed by atoms with van der Waals surface area (Å²) in [4.78, 5) is 17.2. The summed E-state index contributed by atoms with van der Waals surface area (Å²) in [5, 5.41) is 0.743. The zero-order valence-corrected chi connectivity index (χ0v) is 17.7. The topological polar surface area (TPSA) is 32.8 Å². The quantitative estimate of drug-likeness (QED) is 0.703. The van der Waals surface area contributed by atoms with Crippen LogP contribution in [-0.2, 0) is 11.2 Å². The average Bonchev–Trinajstić information content (AvgIpc) is 2.74. The predicted molar refractivity (Wildman–Crippen MR) is 116 cm³/mol. The number of amides is 1. The molecule has 3 rings (SSSR count). The number of hydrogen-bond acceptors (Lipinski definition) is 3. The molecule has 2 aromatic carbocycles. The number of halogens is 1. The van der Waals surface area contributed by atoms with Crippen LogP contribution in [0.3, 0.4) is 0 Å². The largest absolute Gasteiger partial charge is 0.481 e. The van der Waals surface area contributed by atoms with Gasteiger partial charge in [0.25, 0.3) is 5.91 Å². The van der Waals surface area contributed by atoms with Gasteiger partial charge in [-0.3, -0.25) is 4.79 Å². The maximum Gasteiger partial charge on any atom is 0.263 e. The molecule has 28 heavy (non-hydrogen) atoms. The Kier molecular flexibility index (Phi) is 6.84. The van der Waals surface area contributed by atoms with Gasteiger partial charge in [0.2, 0.25) is 0 Å². The third-order valence-electron chi connectivity index (χ3n) is 5.36. The maximum atomic E-state index is 13.0. The van der Waals surface area contributed by atoms with Crippen molar-refractivity contribution in [1.82, 2.24) is 4.90 Å². The van der Waals surface area contributed by atoms with Crippen LogP contribution in [0.4, 0.5) is 5.69 Å². The molecular formula is C23H29ClN2O2. The summed E-state index contributed by atoms with van der Waals surface area (Å²) in [6.07, 6.45) is 1.21. The molecule has 0 aromatic heterocycles. The van der Waals surface area contributed by atoms with Crippen LogP contribution in [0.1, 0.15) is 31.4 Å². The number of nitrogens with zero attached hydrogens (tertiary/aromatic N) is 2. The number of piperazine rings is 1. The van der Waals surface area contributed by atoms with Gasteiger partial charge < -0.3 is 14.5 Å². The molecule has 2 aromatic rings. The smallest absolute Gasteiger partial charge is 0.263 e. The lowest BCUT2D eigenvalue weighted by molar-refractivity contribution is -0.139. The van der Waals surface area contributed by atoms with Crippen LogP contribution in [0.2, 0.25) is 5.02 Å². The summed E-state index contributed by atoms with van der Waals surface area (Å²) < 4.78 is 6.00. The van der Waals surface area contributed by atoms with Crippen molar-refractivity contribution in [2.45, 2.75) is 39.7 Å². The minimum absolute atomic E-state index is 0.0736. The molecule has 0 unspecified atom stereocenters. The lowest BCUT2D eigenvalue weighted by Crippen LogP contribution is -2.52. The molecule has 1 aliphatic heterocycles. The lowest BCUT2D eigenvalue weighted by atomic mass is 10.1. The average molecular weight is 401 g/mol. The first-order chi connectivity index (χ1) is 13.5. The Morgan fingerprint density at radius 2 is 1.75 bits per heavy atom. The maximum absolute atomic E-state index is 13.0. The van der Waals surface area contributed by atoms with Crippen LogP contribution in [0, 0.1) is 6.92 Å². The van der Waals surface area contributed by atoms with Gasteiger partial charge in [-0.1, -0.05) is 43.6 Å². The van der Waals surface area contributed by atoms with Crippen molar-refractivity contribution in [2.24, 2.45) is 0 Å². The molecule has 1 aliphatic rings. The third kappa shape index (κ3) is 4.79. The molecule has 1 atom stereocenters. The number of hydrogen-bond donors (Lipinski definition) is 0. The van der Waals surface area contributed by atoms with E-state index in [1.807, 2.05) is 42.2 Å². The van der Waals surface area contributed by atoms with E-state index < -0.39 is 6.10 Å². The summed E-state index contributed by atoms with van der Waals surface area (Å²) in [6.45, 7) is 9.20. The van der Waals surface area contributed by atoms with Gasteiger partial charge in [0.15, 0.2) is 6.10 Å². The Balaban J connectivity index is 1.60. The Morgan fingerprint density at radius 3 is 2.36 bits per heavy atom. The number of rotatable bonds is 6. The van der Waals surface area contributed by atoms with E-state index in [9.17, 15) is 4.79 Å². The fraction of sp³-hybridized carbons (Fsp3) is 0.435. The van der Waals surface area contributed by atoms with Crippen LogP contribution >= 0.6 is 11.6 Å². The van der Waals surface area contributed by atoms with Gasteiger partial charge in [0.1, 0.15) is 5.75 Å². The molecule has 150 valence electrons. The molecule has 4 nitrogen and oxygen atoms in total. The number of ether oxygens (including phenoxy) is 1. The van der Waals surface area contributed by atoms with Crippen molar-refractivity contribution in [1.29, 1.82) is 0 Å². The fourth-order valence-corrected chi connectivity index (χ4v) is 3.74. The van der Waals surface area contributed by atoms with Crippen molar-refractivity contribution >= 4 is 23.2 Å². The van der Waals surface area contributed by atoms with Crippen molar-refractivity contribution in [3.05, 3.63) is 58.6 Å². The van der Waals surface area contributed by atoms with Gasteiger partial charge in [-0.25, -0.2) is 0 Å². The van der Waals surface area contributed by atoms with Gasteiger partial charge >= 0.3 is 0 Å². The molecule has 5 heteroatoms. The van der Waals surface area contributed by atoms with Crippen LogP contribution in [-0.4, -0.2) is 43.1 Å². The zero-order chi connectivity index (χ0) is 20.1. The fourth-order valence-electron chi connectivity index (χ4n) is 3.57. The monoisotopic (exact) mass is 400 g/mol. The third-order valence-corrected chi connectivity index (χ3v) is 5.59. The number of carbonyl (C=O) groups excluding carboxylic acids is 1. The highest BCUT2D eigenvalue weighted by Gasteiger charge is 2.28. The van der Waals surface area contributed by atoms with E-state index in [4.69, 9.17) is 16.3 Å². The van der Waals surface area contributed by atoms with E-state index in [1.54, 1.807) is 0 Å². The first kappa shape index (κ1) is 20.5. The molecule has 0 aliphatic carbocycles. The molecule has 1 fully saturated rings. The summed E-state index contributed by atoms with van der Waals surface area (Å²) in [6, 6.07) is 14.0. The molecule has 1 amide bonds. The van der Waals surface area contributed by atoms with Crippen molar-refractivity contribution in [2.75, 3.05) is 31.1 Å². The highest BCUT2D eigenvalue weighted by atomic mass is 35.5. The lowest BCUT2D eigenvalue weighted by Gasteiger charge is -2.38. The minimum atomic E-state index is -0.438. The molecule has 0 bridgehead atoms. The van der Waals surface area contributed by atoms with Crippen LogP contribution in [0.15, 0.2) is 42.5 Å². The Hall–Kier alpha value is -2.20. The second-order valence-corrected chi connectivity index (χ2v) is 7.69.